The lowest BCUT2D eigenvalue weighted by Gasteiger charge is -2.34. The number of carboxylic acid groups (broad SMARTS) is 1. The number of carbonyl (C=O) groups is 1. The summed E-state index contributed by atoms with van der Waals surface area (Å²) in [6.07, 6.45) is -0.400. The third-order valence-electron chi connectivity index (χ3n) is 3.05. The van der Waals surface area contributed by atoms with Crippen molar-refractivity contribution in [2.75, 3.05) is 19.6 Å². The Bertz CT molecular complexity index is 456. The van der Waals surface area contributed by atoms with Crippen molar-refractivity contribution < 1.29 is 14.3 Å². The largest absolute Gasteiger partial charge is 0.465 e. The third kappa shape index (κ3) is 3.00. The second kappa shape index (κ2) is 5.67. The first-order chi connectivity index (χ1) is 8.58. The fourth-order valence-electron chi connectivity index (χ4n) is 2.13. The van der Waals surface area contributed by atoms with Crippen molar-refractivity contribution in [1.82, 2.24) is 10.2 Å². The number of hydrogen-bond donors (Lipinski definition) is 2. The van der Waals surface area contributed by atoms with Crippen molar-refractivity contribution in [2.24, 2.45) is 0 Å². The van der Waals surface area contributed by atoms with E-state index in [9.17, 15) is 9.18 Å². The second-order valence-corrected chi connectivity index (χ2v) is 5.14. The van der Waals surface area contributed by atoms with Crippen LogP contribution in [0.5, 0.6) is 0 Å². The first kappa shape index (κ1) is 13.3. The van der Waals surface area contributed by atoms with Gasteiger partial charge in [-0.25, -0.2) is 9.18 Å². The fraction of sp³-hybridized carbons (Fsp3) is 0.417. The van der Waals surface area contributed by atoms with E-state index in [1.54, 1.807) is 6.07 Å². The van der Waals surface area contributed by atoms with Crippen molar-refractivity contribution in [3.8, 4) is 0 Å². The lowest BCUT2D eigenvalue weighted by atomic mass is 10.0. The smallest absolute Gasteiger partial charge is 0.407 e. The molecule has 98 valence electrons. The molecule has 1 unspecified atom stereocenters. The number of rotatable bonds is 2. The van der Waals surface area contributed by atoms with Crippen molar-refractivity contribution in [3.63, 3.8) is 0 Å². The molecule has 2 N–H and O–H groups in total. The minimum absolute atomic E-state index is 0.142. The summed E-state index contributed by atoms with van der Waals surface area (Å²) >= 11 is 3.10. The van der Waals surface area contributed by atoms with Crippen LogP contribution >= 0.6 is 15.9 Å². The predicted molar refractivity (Wildman–Crippen MR) is 69.2 cm³/mol. The van der Waals surface area contributed by atoms with E-state index in [0.29, 0.717) is 30.5 Å². The van der Waals surface area contributed by atoms with Gasteiger partial charge < -0.3 is 15.3 Å². The van der Waals surface area contributed by atoms with Crippen molar-refractivity contribution in [3.05, 3.63) is 34.1 Å². The molecule has 6 heteroatoms. The van der Waals surface area contributed by atoms with Crippen LogP contribution < -0.4 is 5.32 Å². The van der Waals surface area contributed by atoms with Crippen molar-refractivity contribution in [1.29, 1.82) is 0 Å². The number of nitrogens with zero attached hydrogens (tertiary/aromatic N) is 1. The first-order valence-electron chi connectivity index (χ1n) is 5.72. The summed E-state index contributed by atoms with van der Waals surface area (Å²) in [6, 6.07) is 4.75. The molecule has 0 aliphatic carbocycles. The molecule has 4 nitrogen and oxygen atoms in total. The maximum absolute atomic E-state index is 13.4. The minimum atomic E-state index is -0.918. The Morgan fingerprint density at radius 2 is 2.39 bits per heavy atom. The van der Waals surface area contributed by atoms with Gasteiger partial charge >= 0.3 is 6.09 Å². The van der Waals surface area contributed by atoms with Crippen LogP contribution in [0.1, 0.15) is 5.56 Å². The lowest BCUT2D eigenvalue weighted by molar-refractivity contribution is 0.112. The van der Waals surface area contributed by atoms with Gasteiger partial charge in [-0.1, -0.05) is 6.07 Å². The van der Waals surface area contributed by atoms with E-state index in [4.69, 9.17) is 5.11 Å². The molecule has 0 radical (unpaired) electrons. The summed E-state index contributed by atoms with van der Waals surface area (Å²) in [5.41, 5.74) is 0.802. The molecule has 1 fully saturated rings. The Balaban J connectivity index is 2.10. The van der Waals surface area contributed by atoms with Crippen LogP contribution in [0.3, 0.4) is 0 Å². The third-order valence-corrected chi connectivity index (χ3v) is 3.69. The molecule has 0 aromatic heterocycles. The Morgan fingerprint density at radius 3 is 3.06 bits per heavy atom. The van der Waals surface area contributed by atoms with Gasteiger partial charge in [0.15, 0.2) is 0 Å². The second-order valence-electron chi connectivity index (χ2n) is 4.29. The van der Waals surface area contributed by atoms with Gasteiger partial charge in [0, 0.05) is 19.6 Å². The molecule has 1 aliphatic rings. The molecule has 0 bridgehead atoms. The van der Waals surface area contributed by atoms with Gasteiger partial charge in [-0.2, -0.15) is 0 Å². The van der Waals surface area contributed by atoms with Crippen LogP contribution in [0.15, 0.2) is 22.7 Å². The predicted octanol–water partition coefficient (Wildman–Crippen LogP) is 2.08. The lowest BCUT2D eigenvalue weighted by Crippen LogP contribution is -2.54. The Morgan fingerprint density at radius 1 is 1.61 bits per heavy atom. The molecular formula is C12H14BrFN2O2. The first-order valence-corrected chi connectivity index (χ1v) is 6.51. The highest BCUT2D eigenvalue weighted by Crippen LogP contribution is 2.18. The van der Waals surface area contributed by atoms with Crippen LogP contribution in [-0.2, 0) is 6.42 Å². The number of nitrogens with one attached hydrogen (secondary N) is 1. The number of piperazine rings is 1. The van der Waals surface area contributed by atoms with Crippen LogP contribution in [-0.4, -0.2) is 41.8 Å². The summed E-state index contributed by atoms with van der Waals surface area (Å²) in [5, 5.41) is 12.3. The highest BCUT2D eigenvalue weighted by Gasteiger charge is 2.26. The molecule has 1 aliphatic heterocycles. The highest BCUT2D eigenvalue weighted by atomic mass is 79.9. The van der Waals surface area contributed by atoms with Crippen LogP contribution in [0.25, 0.3) is 0 Å². The van der Waals surface area contributed by atoms with E-state index >= 15 is 0 Å². The van der Waals surface area contributed by atoms with Gasteiger partial charge in [-0.15, -0.1) is 0 Å². The number of hydrogen-bond acceptors (Lipinski definition) is 2. The van der Waals surface area contributed by atoms with E-state index in [0.717, 1.165) is 5.56 Å². The topological polar surface area (TPSA) is 52.6 Å². The fourth-order valence-corrected chi connectivity index (χ4v) is 2.38. The Hall–Kier alpha value is -1.14. The Labute approximate surface area is 113 Å². The SMILES string of the molecule is O=C(O)N1CCNCC1Cc1ccc(Br)c(F)c1. The minimum Gasteiger partial charge on any atom is -0.465 e. The maximum Gasteiger partial charge on any atom is 0.407 e. The average Bonchev–Trinajstić information content (AvgIpc) is 2.34. The number of amides is 1. The van der Waals surface area contributed by atoms with E-state index in [1.165, 1.54) is 11.0 Å². The zero-order valence-electron chi connectivity index (χ0n) is 9.70. The standard InChI is InChI=1S/C12H14BrFN2O2/c13-10-2-1-8(6-11(10)14)5-9-7-15-3-4-16(9)12(17)18/h1-2,6,9,15H,3-5,7H2,(H,17,18). The van der Waals surface area contributed by atoms with Crippen LogP contribution in [0.2, 0.25) is 0 Å². The van der Waals surface area contributed by atoms with E-state index in [1.807, 2.05) is 6.07 Å². The average molecular weight is 317 g/mol. The molecular weight excluding hydrogens is 303 g/mol. The molecule has 1 amide bonds. The summed E-state index contributed by atoms with van der Waals surface area (Å²) in [4.78, 5) is 12.5. The van der Waals surface area contributed by atoms with Gasteiger partial charge in [-0.3, -0.25) is 0 Å². The number of benzene rings is 1. The molecule has 2 rings (SSSR count). The zero-order valence-corrected chi connectivity index (χ0v) is 11.3. The highest BCUT2D eigenvalue weighted by molar-refractivity contribution is 9.10. The molecule has 0 saturated carbocycles. The van der Waals surface area contributed by atoms with E-state index in [-0.39, 0.29) is 11.9 Å². The van der Waals surface area contributed by atoms with Crippen molar-refractivity contribution >= 4 is 22.0 Å². The monoisotopic (exact) mass is 316 g/mol. The molecule has 1 aromatic rings. The zero-order chi connectivity index (χ0) is 13.1. The van der Waals surface area contributed by atoms with E-state index < -0.39 is 6.09 Å². The van der Waals surface area contributed by atoms with Gasteiger partial charge in [0.05, 0.1) is 10.5 Å². The van der Waals surface area contributed by atoms with Gasteiger partial charge in [-0.05, 0) is 40.0 Å². The molecule has 18 heavy (non-hydrogen) atoms. The molecule has 0 spiro atoms. The summed E-state index contributed by atoms with van der Waals surface area (Å²) in [7, 11) is 0. The van der Waals surface area contributed by atoms with Crippen LogP contribution in [0, 0.1) is 5.82 Å². The molecule has 1 heterocycles. The number of halogens is 2. The molecule has 1 aromatic carbocycles. The van der Waals surface area contributed by atoms with Gasteiger partial charge in [0.25, 0.3) is 0 Å². The molecule has 1 atom stereocenters. The van der Waals surface area contributed by atoms with Gasteiger partial charge in [0.1, 0.15) is 5.82 Å². The summed E-state index contributed by atoms with van der Waals surface area (Å²) in [5.74, 6) is -0.321. The summed E-state index contributed by atoms with van der Waals surface area (Å²) < 4.78 is 13.8. The Kier molecular flexibility index (Phi) is 4.19. The normalized spacial score (nSPS) is 19.9. The summed E-state index contributed by atoms with van der Waals surface area (Å²) in [6.45, 7) is 1.74. The molecule has 1 saturated heterocycles. The van der Waals surface area contributed by atoms with E-state index in [2.05, 4.69) is 21.2 Å². The quantitative estimate of drug-likeness (QED) is 0.878. The van der Waals surface area contributed by atoms with Gasteiger partial charge in [0.2, 0.25) is 0 Å². The van der Waals surface area contributed by atoms with Crippen LogP contribution in [0.4, 0.5) is 9.18 Å². The van der Waals surface area contributed by atoms with Crippen molar-refractivity contribution in [2.45, 2.75) is 12.5 Å². The maximum atomic E-state index is 13.4.